The van der Waals surface area contributed by atoms with E-state index in [1.54, 1.807) is 24.3 Å². The largest absolute Gasteiger partial charge is 0.533 e. The van der Waals surface area contributed by atoms with E-state index in [1.165, 1.54) is 6.92 Å². The van der Waals surface area contributed by atoms with Crippen LogP contribution in [-0.4, -0.2) is 51.7 Å². The van der Waals surface area contributed by atoms with Gasteiger partial charge >= 0.3 is 6.16 Å². The number of carbonyl (C=O) groups is 5. The van der Waals surface area contributed by atoms with E-state index >= 15 is 0 Å². The molecular formula is C24H22N2O10S2. The van der Waals surface area contributed by atoms with Crippen molar-refractivity contribution in [2.24, 2.45) is 0 Å². The summed E-state index contributed by atoms with van der Waals surface area (Å²) in [6.45, 7) is 1.24. The van der Waals surface area contributed by atoms with E-state index in [0.717, 1.165) is 46.1 Å². The van der Waals surface area contributed by atoms with Crippen LogP contribution < -0.4 is 5.32 Å². The molecule has 1 aliphatic heterocycles. The topological polar surface area (TPSA) is 158 Å². The second-order valence-corrected chi connectivity index (χ2v) is 10.2. The van der Waals surface area contributed by atoms with Crippen molar-refractivity contribution in [3.05, 3.63) is 47.5 Å². The van der Waals surface area contributed by atoms with Crippen molar-refractivity contribution in [3.8, 4) is 11.1 Å². The SMILES string of the molecule is CC(=O)SCCC(=O)Nc1ccc2c(c1)C(COC(=O)ON1C(=O)CCC1=O)c1cc(SOOO)ccc1-2. The van der Waals surface area contributed by atoms with Crippen LogP contribution in [0.1, 0.15) is 43.2 Å². The molecule has 0 bridgehead atoms. The molecule has 1 aliphatic carbocycles. The number of anilines is 1. The molecule has 2 aromatic rings. The molecule has 14 heteroatoms. The molecule has 4 rings (SSSR count). The molecule has 2 aromatic carbocycles. The Morgan fingerprint density at radius 2 is 1.74 bits per heavy atom. The van der Waals surface area contributed by atoms with Gasteiger partial charge in [-0.15, -0.1) is 4.33 Å². The molecule has 1 saturated heterocycles. The first-order valence-corrected chi connectivity index (χ1v) is 13.1. The van der Waals surface area contributed by atoms with E-state index in [1.807, 2.05) is 12.1 Å². The van der Waals surface area contributed by atoms with Gasteiger partial charge in [-0.3, -0.25) is 24.0 Å². The summed E-state index contributed by atoms with van der Waals surface area (Å²) >= 11 is 1.83. The maximum absolute atomic E-state index is 12.3. The van der Waals surface area contributed by atoms with Crippen molar-refractivity contribution in [2.75, 3.05) is 17.7 Å². The highest BCUT2D eigenvalue weighted by Gasteiger charge is 2.35. The molecule has 0 saturated carbocycles. The van der Waals surface area contributed by atoms with Gasteiger partial charge < -0.3 is 10.1 Å². The van der Waals surface area contributed by atoms with Crippen molar-refractivity contribution in [1.29, 1.82) is 0 Å². The van der Waals surface area contributed by atoms with E-state index in [-0.39, 0.29) is 36.9 Å². The zero-order valence-corrected chi connectivity index (χ0v) is 21.6. The van der Waals surface area contributed by atoms with Crippen molar-refractivity contribution < 1.29 is 48.2 Å². The summed E-state index contributed by atoms with van der Waals surface area (Å²) in [5.41, 5.74) is 3.71. The van der Waals surface area contributed by atoms with E-state index in [2.05, 4.69) is 14.7 Å². The minimum Gasteiger partial charge on any atom is -0.432 e. The first-order chi connectivity index (χ1) is 18.3. The molecule has 200 valence electrons. The summed E-state index contributed by atoms with van der Waals surface area (Å²) in [5, 5.41) is 15.3. The van der Waals surface area contributed by atoms with Gasteiger partial charge in [-0.2, -0.15) is 0 Å². The third kappa shape index (κ3) is 6.52. The standard InChI is InChI=1S/C24H22N2O10S2/c1-13(27)37-9-8-21(28)25-14-2-4-16-17-5-3-15(38-36-35-32)11-19(17)20(18(16)10-14)12-33-24(31)34-26-22(29)6-7-23(26)30/h2-5,10-11,20,32H,6-9,12H2,1H3,(H,25,28). The van der Waals surface area contributed by atoms with Crippen LogP contribution in [0.15, 0.2) is 41.3 Å². The Hall–Kier alpha value is -3.43. The summed E-state index contributed by atoms with van der Waals surface area (Å²) in [7, 11) is 0. The Morgan fingerprint density at radius 3 is 2.42 bits per heavy atom. The van der Waals surface area contributed by atoms with Gasteiger partial charge in [-0.25, -0.2) is 10.1 Å². The Balaban J connectivity index is 1.53. The normalized spacial score (nSPS) is 15.7. The number of carbonyl (C=O) groups excluding carboxylic acids is 5. The predicted molar refractivity (Wildman–Crippen MR) is 134 cm³/mol. The first-order valence-electron chi connectivity index (χ1n) is 11.3. The highest BCUT2D eigenvalue weighted by atomic mass is 32.2. The number of hydrogen-bond acceptors (Lipinski definition) is 12. The van der Waals surface area contributed by atoms with Gasteiger partial charge in [0, 0.05) is 48.4 Å². The van der Waals surface area contributed by atoms with Crippen LogP contribution in [0.3, 0.4) is 0 Å². The lowest BCUT2D eigenvalue weighted by molar-refractivity contribution is -0.432. The van der Waals surface area contributed by atoms with Crippen molar-refractivity contribution in [3.63, 3.8) is 0 Å². The number of thioether (sulfide) groups is 1. The highest BCUT2D eigenvalue weighted by molar-refractivity contribution is 8.13. The molecule has 0 aromatic heterocycles. The van der Waals surface area contributed by atoms with E-state index in [0.29, 0.717) is 21.4 Å². The summed E-state index contributed by atoms with van der Waals surface area (Å²) < 4.78 is 9.81. The molecule has 1 atom stereocenters. The minimum atomic E-state index is -1.21. The number of imide groups is 1. The first kappa shape index (κ1) is 27.6. The fourth-order valence-corrected chi connectivity index (χ4v) is 5.11. The fraction of sp³-hybridized carbons (Fsp3) is 0.292. The maximum atomic E-state index is 12.3. The molecule has 1 fully saturated rings. The van der Waals surface area contributed by atoms with Gasteiger partial charge in [0.2, 0.25) is 5.91 Å². The Bertz CT molecular complexity index is 1270. The Morgan fingerprint density at radius 1 is 1.05 bits per heavy atom. The van der Waals surface area contributed by atoms with E-state index < -0.39 is 23.9 Å². The van der Waals surface area contributed by atoms with Crippen LogP contribution in [-0.2, 0) is 38.1 Å². The van der Waals surface area contributed by atoms with Gasteiger partial charge in [-0.05, 0) is 46.5 Å². The molecular weight excluding hydrogens is 540 g/mol. The second kappa shape index (κ2) is 12.4. The Kier molecular flexibility index (Phi) is 9.01. The maximum Gasteiger partial charge on any atom is 0.533 e. The lowest BCUT2D eigenvalue weighted by atomic mass is 9.97. The van der Waals surface area contributed by atoms with E-state index in [4.69, 9.17) is 14.8 Å². The number of nitrogens with zero attached hydrogens (tertiary/aromatic N) is 1. The number of rotatable bonds is 10. The average Bonchev–Trinajstić information content (AvgIpc) is 3.36. The summed E-state index contributed by atoms with van der Waals surface area (Å²) in [4.78, 5) is 64.6. The van der Waals surface area contributed by atoms with Crippen LogP contribution in [0, 0.1) is 0 Å². The third-order valence-electron chi connectivity index (χ3n) is 5.73. The highest BCUT2D eigenvalue weighted by Crippen LogP contribution is 2.47. The monoisotopic (exact) mass is 562 g/mol. The smallest absolute Gasteiger partial charge is 0.432 e. The van der Waals surface area contributed by atoms with Gasteiger partial charge in [-0.1, -0.05) is 34.0 Å². The van der Waals surface area contributed by atoms with Crippen LogP contribution >= 0.6 is 23.8 Å². The number of ether oxygens (including phenoxy) is 1. The third-order valence-corrected chi connectivity index (χ3v) is 7.12. The van der Waals surface area contributed by atoms with Crippen LogP contribution in [0.2, 0.25) is 0 Å². The summed E-state index contributed by atoms with van der Waals surface area (Å²) in [6, 6.07) is 10.7. The number of amides is 3. The number of hydroxylamine groups is 2. The lowest BCUT2D eigenvalue weighted by Crippen LogP contribution is -2.32. The van der Waals surface area contributed by atoms with Gasteiger partial charge in [0.1, 0.15) is 6.61 Å². The zero-order chi connectivity index (χ0) is 27.2. The number of hydrogen-bond donors (Lipinski definition) is 2. The van der Waals surface area contributed by atoms with Gasteiger partial charge in [0.05, 0.1) is 12.0 Å². The molecule has 2 aliphatic rings. The molecule has 1 heterocycles. The second-order valence-electron chi connectivity index (χ2n) is 8.20. The number of fused-ring (bicyclic) bond motifs is 3. The van der Waals surface area contributed by atoms with Crippen molar-refractivity contribution in [2.45, 2.75) is 37.0 Å². The fourth-order valence-electron chi connectivity index (χ4n) is 4.12. The van der Waals surface area contributed by atoms with Crippen molar-refractivity contribution in [1.82, 2.24) is 5.06 Å². The Labute approximate surface area is 224 Å². The average molecular weight is 563 g/mol. The van der Waals surface area contributed by atoms with Gasteiger partial charge in [0.25, 0.3) is 11.8 Å². The zero-order valence-electron chi connectivity index (χ0n) is 20.0. The molecule has 3 amide bonds. The molecule has 0 radical (unpaired) electrons. The van der Waals surface area contributed by atoms with Crippen LogP contribution in [0.4, 0.5) is 10.5 Å². The molecule has 0 spiro atoms. The molecule has 38 heavy (non-hydrogen) atoms. The minimum absolute atomic E-state index is 0.0442. The number of nitrogens with one attached hydrogen (secondary N) is 1. The van der Waals surface area contributed by atoms with Gasteiger partial charge in [0.15, 0.2) is 5.12 Å². The van der Waals surface area contributed by atoms with E-state index in [9.17, 15) is 24.0 Å². The lowest BCUT2D eigenvalue weighted by Gasteiger charge is -2.17. The molecule has 1 unspecified atom stereocenters. The summed E-state index contributed by atoms with van der Waals surface area (Å²) in [6.07, 6.45) is -1.14. The summed E-state index contributed by atoms with van der Waals surface area (Å²) in [5.74, 6) is -1.65. The van der Waals surface area contributed by atoms with Crippen molar-refractivity contribution >= 4 is 58.5 Å². The molecule has 2 N–H and O–H groups in total. The quantitative estimate of drug-likeness (QED) is 0.141. The van der Waals surface area contributed by atoms with Crippen LogP contribution in [0.25, 0.3) is 11.1 Å². The molecule has 12 nitrogen and oxygen atoms in total. The van der Waals surface area contributed by atoms with Crippen LogP contribution in [0.5, 0.6) is 0 Å². The number of benzene rings is 2. The predicted octanol–water partition coefficient (Wildman–Crippen LogP) is 4.05.